The van der Waals surface area contributed by atoms with E-state index >= 15 is 0 Å². The second-order valence-electron chi connectivity index (χ2n) is 6.15. The molecule has 124 valence electrons. The quantitative estimate of drug-likeness (QED) is 0.625. The molecule has 1 aromatic rings. The van der Waals surface area contributed by atoms with Crippen molar-refractivity contribution in [1.29, 1.82) is 0 Å². The second-order valence-corrected chi connectivity index (χ2v) is 6.15. The van der Waals surface area contributed by atoms with E-state index in [2.05, 4.69) is 5.10 Å². The number of carbonyl (C=O) groups excluding carboxylic acids is 2. The predicted octanol–water partition coefficient (Wildman–Crippen LogP) is 1.60. The second kappa shape index (κ2) is 6.81. The van der Waals surface area contributed by atoms with Crippen LogP contribution in [-0.2, 0) is 14.3 Å². The van der Waals surface area contributed by atoms with Gasteiger partial charge in [-0.05, 0) is 46.6 Å². The van der Waals surface area contributed by atoms with E-state index in [1.807, 2.05) is 12.2 Å². The minimum Gasteiger partial charge on any atom is -0.463 e. The molecule has 0 radical (unpaired) electrons. The van der Waals surface area contributed by atoms with Crippen molar-refractivity contribution in [1.82, 2.24) is 9.78 Å². The van der Waals surface area contributed by atoms with Gasteiger partial charge < -0.3 is 9.47 Å². The van der Waals surface area contributed by atoms with Gasteiger partial charge in [0, 0.05) is 11.3 Å². The van der Waals surface area contributed by atoms with Gasteiger partial charge in [0.05, 0.1) is 17.6 Å². The molecule has 0 amide bonds. The first-order valence-electron chi connectivity index (χ1n) is 7.69. The Balaban J connectivity index is 2.40. The normalized spacial score (nSPS) is 13.9. The highest BCUT2D eigenvalue weighted by Crippen LogP contribution is 2.08. The lowest BCUT2D eigenvalue weighted by molar-refractivity contribution is -0.137. The highest BCUT2D eigenvalue weighted by molar-refractivity contribution is 5.87. The zero-order valence-corrected chi connectivity index (χ0v) is 14.0. The smallest absolute Gasteiger partial charge is 0.435 e. The van der Waals surface area contributed by atoms with Gasteiger partial charge in [0.25, 0.3) is 0 Å². The summed E-state index contributed by atoms with van der Waals surface area (Å²) in [6.45, 7) is 7.47. The molecule has 2 rings (SSSR count). The largest absolute Gasteiger partial charge is 0.463 e. The van der Waals surface area contributed by atoms with E-state index in [0.29, 0.717) is 17.6 Å². The predicted molar refractivity (Wildman–Crippen MR) is 86.9 cm³/mol. The molecule has 23 heavy (non-hydrogen) atoms. The monoisotopic (exact) mass is 318 g/mol. The first-order valence-corrected chi connectivity index (χ1v) is 7.69. The third-order valence-electron chi connectivity index (χ3n) is 3.07. The van der Waals surface area contributed by atoms with Gasteiger partial charge in [-0.15, -0.1) is 0 Å². The molecule has 6 nitrogen and oxygen atoms in total. The summed E-state index contributed by atoms with van der Waals surface area (Å²) < 4.78 is 11.5. The Bertz CT molecular complexity index is 751. The summed E-state index contributed by atoms with van der Waals surface area (Å²) >= 11 is 0. The zero-order valence-electron chi connectivity index (χ0n) is 14.0. The minimum absolute atomic E-state index is 0.313. The number of rotatable bonds is 3. The Kier molecular flexibility index (Phi) is 5.03. The van der Waals surface area contributed by atoms with E-state index in [4.69, 9.17) is 9.47 Å². The van der Waals surface area contributed by atoms with E-state index in [1.165, 1.54) is 10.8 Å². The number of ether oxygens (including phenoxy) is 2. The number of hydrogen-bond acceptors (Lipinski definition) is 5. The number of fused-ring (bicyclic) bond motifs is 1. The molecule has 0 spiro atoms. The molecule has 1 heterocycles. The zero-order chi connectivity index (χ0) is 17.0. The lowest BCUT2D eigenvalue weighted by Crippen LogP contribution is -2.38. The standard InChI is InChI=1S/C17H22N2O4/c1-5-22-15(20)11-10-13-12-8-6-7-9-14(12)19(18-13)16(21)23-17(2,3)4/h8-11H,5-7H2,1-4H3/b11-10+. The number of carbonyl (C=O) groups is 2. The molecule has 0 fully saturated rings. The van der Waals surface area contributed by atoms with E-state index in [1.54, 1.807) is 33.8 Å². The fourth-order valence-electron chi connectivity index (χ4n) is 2.22. The third-order valence-corrected chi connectivity index (χ3v) is 3.07. The van der Waals surface area contributed by atoms with Gasteiger partial charge in [0.15, 0.2) is 0 Å². The van der Waals surface area contributed by atoms with Crippen molar-refractivity contribution >= 4 is 30.3 Å². The molecule has 0 saturated carbocycles. The van der Waals surface area contributed by atoms with Crippen LogP contribution in [0, 0.1) is 0 Å². The number of hydrogen-bond donors (Lipinski definition) is 0. The van der Waals surface area contributed by atoms with Crippen LogP contribution in [-0.4, -0.2) is 34.1 Å². The molecule has 0 unspecified atom stereocenters. The van der Waals surface area contributed by atoms with Gasteiger partial charge in [-0.25, -0.2) is 9.59 Å². The maximum Gasteiger partial charge on any atom is 0.435 e. The Hall–Kier alpha value is -2.37. The lowest BCUT2D eigenvalue weighted by atomic mass is 10.1. The molecule has 0 saturated heterocycles. The molecule has 0 aromatic carbocycles. The van der Waals surface area contributed by atoms with Crippen molar-refractivity contribution in [2.45, 2.75) is 46.1 Å². The van der Waals surface area contributed by atoms with Crippen molar-refractivity contribution < 1.29 is 19.1 Å². The van der Waals surface area contributed by atoms with Gasteiger partial charge in [-0.3, -0.25) is 0 Å². The molecule has 1 aliphatic rings. The summed E-state index contributed by atoms with van der Waals surface area (Å²) in [6, 6.07) is 0. The van der Waals surface area contributed by atoms with Crippen LogP contribution in [0.5, 0.6) is 0 Å². The number of nitrogens with zero attached hydrogens (tertiary/aromatic N) is 2. The van der Waals surface area contributed by atoms with E-state index < -0.39 is 17.7 Å². The fraction of sp³-hybridized carbons (Fsp3) is 0.471. The van der Waals surface area contributed by atoms with Gasteiger partial charge in [-0.2, -0.15) is 9.78 Å². The Labute approximate surface area is 135 Å². The van der Waals surface area contributed by atoms with Crippen molar-refractivity contribution in [3.63, 3.8) is 0 Å². The van der Waals surface area contributed by atoms with Crippen molar-refractivity contribution in [3.05, 3.63) is 22.3 Å². The lowest BCUT2D eigenvalue weighted by Gasteiger charge is -2.19. The maximum atomic E-state index is 12.3. The molecule has 1 aromatic heterocycles. The fourth-order valence-corrected chi connectivity index (χ4v) is 2.22. The van der Waals surface area contributed by atoms with Crippen molar-refractivity contribution in [3.8, 4) is 0 Å². The van der Waals surface area contributed by atoms with E-state index in [-0.39, 0.29) is 0 Å². The highest BCUT2D eigenvalue weighted by atomic mass is 16.6. The van der Waals surface area contributed by atoms with Crippen LogP contribution in [0.1, 0.15) is 46.2 Å². The molecule has 0 bridgehead atoms. The molecule has 0 aliphatic heterocycles. The summed E-state index contributed by atoms with van der Waals surface area (Å²) in [5, 5.41) is 5.83. The molecule has 0 atom stereocenters. The molecular weight excluding hydrogens is 296 g/mol. The minimum atomic E-state index is -0.602. The Morgan fingerprint density at radius 1 is 1.30 bits per heavy atom. The molecule has 1 aliphatic carbocycles. The van der Waals surface area contributed by atoms with Crippen LogP contribution in [0.3, 0.4) is 0 Å². The van der Waals surface area contributed by atoms with Crippen LogP contribution in [0.15, 0.2) is 6.08 Å². The molecular formula is C17H22N2O4. The average molecular weight is 318 g/mol. The summed E-state index contributed by atoms with van der Waals surface area (Å²) in [5.74, 6) is -0.437. The topological polar surface area (TPSA) is 70.4 Å². The van der Waals surface area contributed by atoms with Gasteiger partial charge >= 0.3 is 12.1 Å². The van der Waals surface area contributed by atoms with Gasteiger partial charge in [0.2, 0.25) is 0 Å². The molecule has 0 N–H and O–H groups in total. The van der Waals surface area contributed by atoms with Crippen LogP contribution in [0.4, 0.5) is 4.79 Å². The average Bonchev–Trinajstić information content (AvgIpc) is 2.83. The van der Waals surface area contributed by atoms with Crippen molar-refractivity contribution in [2.75, 3.05) is 6.61 Å². The third kappa shape index (κ3) is 4.31. The van der Waals surface area contributed by atoms with Crippen LogP contribution < -0.4 is 10.6 Å². The van der Waals surface area contributed by atoms with Crippen LogP contribution >= 0.6 is 0 Å². The first-order chi connectivity index (χ1) is 10.8. The Morgan fingerprint density at radius 3 is 2.65 bits per heavy atom. The van der Waals surface area contributed by atoms with Crippen LogP contribution in [0.25, 0.3) is 18.2 Å². The van der Waals surface area contributed by atoms with Crippen LogP contribution in [0.2, 0.25) is 0 Å². The van der Waals surface area contributed by atoms with Gasteiger partial charge in [0.1, 0.15) is 5.60 Å². The van der Waals surface area contributed by atoms with Crippen molar-refractivity contribution in [2.24, 2.45) is 0 Å². The van der Waals surface area contributed by atoms with E-state index in [0.717, 1.165) is 18.1 Å². The maximum absolute atomic E-state index is 12.3. The number of esters is 1. The Morgan fingerprint density at radius 2 is 2.00 bits per heavy atom. The summed E-state index contributed by atoms with van der Waals surface area (Å²) in [6.07, 6.45) is 8.01. The first kappa shape index (κ1) is 17.0. The highest BCUT2D eigenvalue weighted by Gasteiger charge is 2.21. The molecule has 6 heteroatoms. The van der Waals surface area contributed by atoms with Gasteiger partial charge in [-0.1, -0.05) is 12.2 Å². The summed E-state index contributed by atoms with van der Waals surface area (Å²) in [5.41, 5.74) is -0.0512. The number of aromatic nitrogens is 2. The van der Waals surface area contributed by atoms with E-state index in [9.17, 15) is 9.59 Å². The summed E-state index contributed by atoms with van der Waals surface area (Å²) in [7, 11) is 0. The SMILES string of the molecule is CCOC(=O)/C=C/c1nn(C(=O)OC(C)(C)C)c2c1=CCCC=2. The summed E-state index contributed by atoms with van der Waals surface area (Å²) in [4.78, 5) is 23.8.